The summed E-state index contributed by atoms with van der Waals surface area (Å²) < 4.78 is 0. The fourth-order valence-electron chi connectivity index (χ4n) is 5.11. The predicted octanol–water partition coefficient (Wildman–Crippen LogP) is 6.58. The maximum atomic E-state index is 10.9. The Kier molecular flexibility index (Phi) is 11.6. The van der Waals surface area contributed by atoms with E-state index in [4.69, 9.17) is 28.2 Å². The Labute approximate surface area is 222 Å². The molecule has 3 rings (SSSR count). The Hall–Kier alpha value is -1.33. The number of likely N-dealkylation sites (tertiary alicyclic amines) is 1. The van der Waals surface area contributed by atoms with E-state index in [9.17, 15) is 5.11 Å². The molecule has 4 unspecified atom stereocenters. The lowest BCUT2D eigenvalue weighted by Crippen LogP contribution is -2.38. The van der Waals surface area contributed by atoms with Crippen molar-refractivity contribution in [1.82, 2.24) is 10.2 Å². The molecule has 35 heavy (non-hydrogen) atoms. The molecule has 4 nitrogen and oxygen atoms in total. The summed E-state index contributed by atoms with van der Waals surface area (Å²) >= 11 is 12.7. The first-order valence-corrected chi connectivity index (χ1v) is 14.0. The van der Waals surface area contributed by atoms with Crippen molar-refractivity contribution in [3.05, 3.63) is 58.7 Å². The van der Waals surface area contributed by atoms with Gasteiger partial charge in [-0.25, -0.2) is 0 Å². The van der Waals surface area contributed by atoms with Crippen LogP contribution in [-0.2, 0) is 0 Å². The molecule has 2 aliphatic carbocycles. The second-order valence-corrected chi connectivity index (χ2v) is 11.3. The fraction of sp³-hybridized carbons (Fsp3) is 0.621. The van der Waals surface area contributed by atoms with Gasteiger partial charge in [0, 0.05) is 42.2 Å². The molecule has 2 N–H and O–H groups in total. The number of nitrogens with one attached hydrogen (secondary N) is 1. The van der Waals surface area contributed by atoms with Crippen LogP contribution in [0.2, 0.25) is 0 Å². The minimum atomic E-state index is -0.509. The van der Waals surface area contributed by atoms with Gasteiger partial charge in [-0.2, -0.15) is 0 Å². The monoisotopic (exact) mass is 519 g/mol. The molecule has 4 atom stereocenters. The zero-order valence-electron chi connectivity index (χ0n) is 21.4. The molecule has 6 heteroatoms. The summed E-state index contributed by atoms with van der Waals surface area (Å²) in [6.07, 6.45) is 19.3. The highest BCUT2D eigenvalue weighted by atomic mass is 35.5. The van der Waals surface area contributed by atoms with Crippen LogP contribution in [0.3, 0.4) is 0 Å². The van der Waals surface area contributed by atoms with Crippen molar-refractivity contribution >= 4 is 29.0 Å². The van der Waals surface area contributed by atoms with E-state index < -0.39 is 6.10 Å². The van der Waals surface area contributed by atoms with Gasteiger partial charge in [-0.15, -0.1) is 0 Å². The van der Waals surface area contributed by atoms with Crippen LogP contribution in [0.25, 0.3) is 0 Å². The van der Waals surface area contributed by atoms with Crippen molar-refractivity contribution < 1.29 is 5.11 Å². The number of nitrogens with zero attached hydrogens (tertiary/aromatic N) is 2. The molecule has 1 saturated heterocycles. The summed E-state index contributed by atoms with van der Waals surface area (Å²) in [6, 6.07) is 0.457. The van der Waals surface area contributed by atoms with Crippen LogP contribution in [0.1, 0.15) is 58.8 Å². The first-order chi connectivity index (χ1) is 16.9. The topological polar surface area (TPSA) is 47.9 Å². The number of amidine groups is 1. The maximum absolute atomic E-state index is 10.9. The standard InChI is InChI=1S/C29H43Cl2N3O/c1-4-9-26(31)16-24-19-34(18-23(24)15-25(30)5-2)20-28(35)17-32-29(14-21(3)22-12-13-22)33-27-10-7-6-8-11-27/h4-7,9,15,21-22,24,27-28,35H,1,8,10-14,16-20H2,2-3H3,(H,32,33). The largest absolute Gasteiger partial charge is 0.390 e. The minimum Gasteiger partial charge on any atom is -0.390 e. The SMILES string of the molecule is C=CC=C(Cl)CC1CN(CC(O)CN=C(CC(C)C2CC2)NC2CC=CCC2)CC1=CC(Cl)=CC. The summed E-state index contributed by atoms with van der Waals surface area (Å²) in [5.74, 6) is 2.84. The van der Waals surface area contributed by atoms with Gasteiger partial charge in [0.2, 0.25) is 0 Å². The molecule has 1 saturated carbocycles. The van der Waals surface area contributed by atoms with Crippen molar-refractivity contribution in [1.29, 1.82) is 0 Å². The molecule has 1 heterocycles. The van der Waals surface area contributed by atoms with Crippen LogP contribution in [0.4, 0.5) is 0 Å². The van der Waals surface area contributed by atoms with Crippen LogP contribution in [0.15, 0.2) is 63.7 Å². The van der Waals surface area contributed by atoms with Gasteiger partial charge in [0.15, 0.2) is 0 Å². The number of aliphatic hydroxyl groups excluding tert-OH is 1. The Morgan fingerprint density at radius 2 is 2.11 bits per heavy atom. The molecule has 0 radical (unpaired) electrons. The van der Waals surface area contributed by atoms with Gasteiger partial charge in [-0.3, -0.25) is 9.89 Å². The van der Waals surface area contributed by atoms with E-state index in [0.717, 1.165) is 67.0 Å². The number of hydrogen-bond donors (Lipinski definition) is 2. The molecule has 0 aromatic carbocycles. The Morgan fingerprint density at radius 3 is 2.77 bits per heavy atom. The van der Waals surface area contributed by atoms with Crippen molar-refractivity contribution in [2.24, 2.45) is 22.7 Å². The highest BCUT2D eigenvalue weighted by Crippen LogP contribution is 2.38. The zero-order valence-corrected chi connectivity index (χ0v) is 22.9. The van der Waals surface area contributed by atoms with Gasteiger partial charge in [-0.1, -0.05) is 61.0 Å². The van der Waals surface area contributed by atoms with E-state index in [2.05, 4.69) is 41.9 Å². The molecule has 0 amide bonds. The third kappa shape index (κ3) is 9.92. The molecule has 0 spiro atoms. The lowest BCUT2D eigenvalue weighted by atomic mass is 9.98. The Bertz CT molecular complexity index is 856. The first kappa shape index (κ1) is 28.2. The fourth-order valence-corrected chi connectivity index (χ4v) is 5.52. The van der Waals surface area contributed by atoms with E-state index in [1.807, 2.05) is 19.1 Å². The highest BCUT2D eigenvalue weighted by molar-refractivity contribution is 6.31. The van der Waals surface area contributed by atoms with Gasteiger partial charge < -0.3 is 10.4 Å². The normalized spacial score (nSPS) is 27.3. The van der Waals surface area contributed by atoms with Gasteiger partial charge in [0.25, 0.3) is 0 Å². The summed E-state index contributed by atoms with van der Waals surface area (Å²) in [5.41, 5.74) is 1.25. The van der Waals surface area contributed by atoms with Crippen LogP contribution < -0.4 is 5.32 Å². The van der Waals surface area contributed by atoms with Crippen LogP contribution >= 0.6 is 23.2 Å². The van der Waals surface area contributed by atoms with E-state index >= 15 is 0 Å². The lowest BCUT2D eigenvalue weighted by Gasteiger charge is -2.24. The van der Waals surface area contributed by atoms with Crippen molar-refractivity contribution in [2.75, 3.05) is 26.2 Å². The number of aliphatic imine (C=N–C) groups is 1. The summed E-state index contributed by atoms with van der Waals surface area (Å²) in [7, 11) is 0. The molecule has 0 aromatic rings. The van der Waals surface area contributed by atoms with Gasteiger partial charge >= 0.3 is 0 Å². The Morgan fingerprint density at radius 1 is 1.31 bits per heavy atom. The molecular weight excluding hydrogens is 477 g/mol. The summed E-state index contributed by atoms with van der Waals surface area (Å²) in [6.45, 7) is 10.7. The lowest BCUT2D eigenvalue weighted by molar-refractivity contribution is 0.130. The van der Waals surface area contributed by atoms with E-state index in [1.54, 1.807) is 6.08 Å². The minimum absolute atomic E-state index is 0.277. The molecule has 0 bridgehead atoms. The van der Waals surface area contributed by atoms with Crippen molar-refractivity contribution in [3.8, 4) is 0 Å². The van der Waals surface area contributed by atoms with Crippen LogP contribution in [0.5, 0.6) is 0 Å². The quantitative estimate of drug-likeness (QED) is 0.132. The summed E-state index contributed by atoms with van der Waals surface area (Å²) in [4.78, 5) is 7.19. The molecule has 3 aliphatic rings. The molecule has 2 fully saturated rings. The molecular formula is C29H43Cl2N3O. The number of hydrogen-bond acceptors (Lipinski definition) is 3. The average molecular weight is 521 g/mol. The average Bonchev–Trinajstić information content (AvgIpc) is 3.62. The van der Waals surface area contributed by atoms with Gasteiger partial charge in [0.05, 0.1) is 18.5 Å². The zero-order chi connectivity index (χ0) is 25.2. The second kappa shape index (κ2) is 14.4. The van der Waals surface area contributed by atoms with Crippen LogP contribution in [0, 0.1) is 17.8 Å². The molecule has 0 aromatic heterocycles. The van der Waals surface area contributed by atoms with E-state index in [-0.39, 0.29) is 5.92 Å². The highest BCUT2D eigenvalue weighted by Gasteiger charge is 2.30. The number of halogens is 2. The molecule has 194 valence electrons. The third-order valence-corrected chi connectivity index (χ3v) is 7.90. The van der Waals surface area contributed by atoms with Gasteiger partial charge in [-0.05, 0) is 80.9 Å². The predicted molar refractivity (Wildman–Crippen MR) is 151 cm³/mol. The van der Waals surface area contributed by atoms with Gasteiger partial charge in [0.1, 0.15) is 0 Å². The molecule has 1 aliphatic heterocycles. The third-order valence-electron chi connectivity index (χ3n) is 7.29. The Balaban J connectivity index is 1.59. The van der Waals surface area contributed by atoms with Crippen molar-refractivity contribution in [2.45, 2.75) is 70.9 Å². The van der Waals surface area contributed by atoms with Crippen LogP contribution in [-0.4, -0.2) is 54.2 Å². The summed E-state index contributed by atoms with van der Waals surface area (Å²) in [5, 5.41) is 16.1. The smallest absolute Gasteiger partial charge is 0.0969 e. The number of aliphatic hydroxyl groups is 1. The number of β-amino-alcohol motifs (C(OH)–C–C–N with tert-alkyl or cyclic N) is 1. The van der Waals surface area contributed by atoms with E-state index in [1.165, 1.54) is 18.4 Å². The first-order valence-electron chi connectivity index (χ1n) is 13.2. The van der Waals surface area contributed by atoms with Crippen molar-refractivity contribution in [3.63, 3.8) is 0 Å². The number of rotatable bonds is 12. The second-order valence-electron chi connectivity index (χ2n) is 10.4. The maximum Gasteiger partial charge on any atom is 0.0969 e. The van der Waals surface area contributed by atoms with E-state index in [0.29, 0.717) is 25.0 Å². The number of allylic oxidation sites excluding steroid dienone is 7.